The highest BCUT2D eigenvalue weighted by molar-refractivity contribution is 5.60. The molecule has 0 aliphatic rings. The summed E-state index contributed by atoms with van der Waals surface area (Å²) in [4.78, 5) is 2.24. The molecule has 0 aliphatic heterocycles. The van der Waals surface area contributed by atoms with Crippen molar-refractivity contribution in [2.75, 3.05) is 11.9 Å². The Morgan fingerprint density at radius 3 is 2.33 bits per heavy atom. The lowest BCUT2D eigenvalue weighted by atomic mass is 10.0. The highest BCUT2D eigenvalue weighted by Gasteiger charge is 2.15. The zero-order valence-corrected chi connectivity index (χ0v) is 14.3. The van der Waals surface area contributed by atoms with Gasteiger partial charge in [0.2, 0.25) is 0 Å². The van der Waals surface area contributed by atoms with E-state index in [2.05, 4.69) is 70.1 Å². The van der Waals surface area contributed by atoms with Crippen LogP contribution in [0, 0.1) is 11.3 Å². The molecule has 1 N–H and O–H groups in total. The molecule has 0 heterocycles. The molecule has 0 fully saturated rings. The second kappa shape index (κ2) is 7.47. The number of nitrogens with zero attached hydrogens (tertiary/aromatic N) is 2. The van der Waals surface area contributed by atoms with E-state index in [0.717, 1.165) is 36.2 Å². The minimum atomic E-state index is 0.0811. The van der Waals surface area contributed by atoms with Gasteiger partial charge in [0.1, 0.15) is 6.07 Å². The molecule has 3 nitrogen and oxygen atoms in total. The second-order valence-corrected chi connectivity index (χ2v) is 6.65. The van der Waals surface area contributed by atoms with Crippen LogP contribution in [0.25, 0.3) is 0 Å². The minimum Gasteiger partial charge on any atom is -0.371 e. The molecule has 0 saturated heterocycles. The molecule has 0 saturated carbocycles. The summed E-state index contributed by atoms with van der Waals surface area (Å²) in [5, 5.41) is 12.9. The van der Waals surface area contributed by atoms with E-state index in [0.29, 0.717) is 6.04 Å². The fourth-order valence-electron chi connectivity index (χ4n) is 2.49. The van der Waals surface area contributed by atoms with Crippen molar-refractivity contribution in [1.29, 1.82) is 5.26 Å². The Morgan fingerprint density at radius 1 is 1.24 bits per heavy atom. The van der Waals surface area contributed by atoms with Gasteiger partial charge in [-0.25, -0.2) is 0 Å². The van der Waals surface area contributed by atoms with Crippen LogP contribution in [0.3, 0.4) is 0 Å². The van der Waals surface area contributed by atoms with E-state index < -0.39 is 0 Å². The molecule has 0 aromatic heterocycles. The Labute approximate surface area is 130 Å². The van der Waals surface area contributed by atoms with E-state index in [1.807, 2.05) is 6.07 Å². The van der Waals surface area contributed by atoms with Crippen LogP contribution in [0.4, 0.5) is 5.69 Å². The Kier molecular flexibility index (Phi) is 6.23. The predicted molar refractivity (Wildman–Crippen MR) is 90.5 cm³/mol. The van der Waals surface area contributed by atoms with Crippen LogP contribution < -0.4 is 10.2 Å². The van der Waals surface area contributed by atoms with Crippen molar-refractivity contribution >= 4 is 5.69 Å². The number of rotatable bonds is 6. The third kappa shape index (κ3) is 5.06. The van der Waals surface area contributed by atoms with Gasteiger partial charge in [-0.05, 0) is 51.3 Å². The average molecular weight is 287 g/mol. The van der Waals surface area contributed by atoms with Gasteiger partial charge in [-0.2, -0.15) is 5.26 Å². The van der Waals surface area contributed by atoms with Gasteiger partial charge in [0.05, 0.1) is 11.3 Å². The Morgan fingerprint density at radius 2 is 1.86 bits per heavy atom. The molecule has 0 radical (unpaired) electrons. The molecule has 1 aromatic rings. The van der Waals surface area contributed by atoms with Gasteiger partial charge in [-0.1, -0.05) is 19.9 Å². The fraction of sp³-hybridized carbons (Fsp3) is 0.611. The van der Waals surface area contributed by atoms with Crippen molar-refractivity contribution in [2.45, 2.75) is 65.6 Å². The van der Waals surface area contributed by atoms with Crippen LogP contribution in [0.2, 0.25) is 0 Å². The fourth-order valence-corrected chi connectivity index (χ4v) is 2.49. The van der Waals surface area contributed by atoms with Gasteiger partial charge < -0.3 is 10.2 Å². The summed E-state index contributed by atoms with van der Waals surface area (Å²) >= 11 is 0. The second-order valence-electron chi connectivity index (χ2n) is 6.65. The maximum atomic E-state index is 9.45. The summed E-state index contributed by atoms with van der Waals surface area (Å²) < 4.78 is 0. The molecule has 116 valence electrons. The quantitative estimate of drug-likeness (QED) is 0.857. The number of nitriles is 1. The van der Waals surface area contributed by atoms with Crippen molar-refractivity contribution < 1.29 is 0 Å². The molecule has 0 unspecified atom stereocenters. The van der Waals surface area contributed by atoms with Crippen molar-refractivity contribution in [3.8, 4) is 6.07 Å². The van der Waals surface area contributed by atoms with Crippen molar-refractivity contribution in [3.63, 3.8) is 0 Å². The van der Waals surface area contributed by atoms with Crippen molar-refractivity contribution in [1.82, 2.24) is 5.32 Å². The molecule has 1 rings (SSSR count). The SMILES string of the molecule is CCC(CC)N(C)c1ccc(CNC(C)(C)C)cc1C#N. The normalized spacial score (nSPS) is 11.5. The molecule has 1 aromatic carbocycles. The number of benzene rings is 1. The molecule has 3 heteroatoms. The molecule has 0 atom stereocenters. The average Bonchev–Trinajstić information content (AvgIpc) is 2.45. The highest BCUT2D eigenvalue weighted by Crippen LogP contribution is 2.24. The molecular weight excluding hydrogens is 258 g/mol. The van der Waals surface area contributed by atoms with Crippen LogP contribution in [-0.4, -0.2) is 18.6 Å². The monoisotopic (exact) mass is 287 g/mol. The van der Waals surface area contributed by atoms with Crippen LogP contribution in [-0.2, 0) is 6.54 Å². The summed E-state index contributed by atoms with van der Waals surface area (Å²) in [6.45, 7) is 11.6. The van der Waals surface area contributed by atoms with Gasteiger partial charge in [0, 0.05) is 25.2 Å². The van der Waals surface area contributed by atoms with Crippen molar-refractivity contribution in [3.05, 3.63) is 29.3 Å². The lowest BCUT2D eigenvalue weighted by Crippen LogP contribution is -2.35. The highest BCUT2D eigenvalue weighted by atomic mass is 15.1. The number of nitrogens with one attached hydrogen (secondary N) is 1. The molecular formula is C18H29N3. The standard InChI is InChI=1S/C18H29N3/c1-7-16(8-2)21(6)17-10-9-14(11-15(17)12-19)13-20-18(3,4)5/h9-11,16,20H,7-8,13H2,1-6H3. The Balaban J connectivity index is 2.97. The van der Waals surface area contributed by atoms with Gasteiger partial charge >= 0.3 is 0 Å². The van der Waals surface area contributed by atoms with Crippen LogP contribution >= 0.6 is 0 Å². The topological polar surface area (TPSA) is 39.1 Å². The summed E-state index contributed by atoms with van der Waals surface area (Å²) in [5.74, 6) is 0. The third-order valence-corrected chi connectivity index (χ3v) is 3.87. The first kappa shape index (κ1) is 17.5. The number of hydrogen-bond donors (Lipinski definition) is 1. The van der Waals surface area contributed by atoms with Gasteiger partial charge in [-0.15, -0.1) is 0 Å². The first-order chi connectivity index (χ1) is 9.82. The first-order valence-corrected chi connectivity index (χ1v) is 7.83. The number of anilines is 1. The zero-order chi connectivity index (χ0) is 16.0. The van der Waals surface area contributed by atoms with Gasteiger partial charge in [0.15, 0.2) is 0 Å². The summed E-state index contributed by atoms with van der Waals surface area (Å²) in [5.41, 5.74) is 3.03. The zero-order valence-electron chi connectivity index (χ0n) is 14.3. The van der Waals surface area contributed by atoms with E-state index in [4.69, 9.17) is 0 Å². The van der Waals surface area contributed by atoms with E-state index in [9.17, 15) is 5.26 Å². The van der Waals surface area contributed by atoms with E-state index >= 15 is 0 Å². The lowest BCUT2D eigenvalue weighted by Gasteiger charge is -2.29. The smallest absolute Gasteiger partial charge is 0.101 e. The predicted octanol–water partition coefficient (Wildman–Crippen LogP) is 4.07. The summed E-state index contributed by atoms with van der Waals surface area (Å²) in [6, 6.07) is 9.04. The lowest BCUT2D eigenvalue weighted by molar-refractivity contribution is 0.424. The maximum Gasteiger partial charge on any atom is 0.101 e. The van der Waals surface area contributed by atoms with Crippen molar-refractivity contribution in [2.24, 2.45) is 0 Å². The Hall–Kier alpha value is -1.53. The molecule has 0 spiro atoms. The largest absolute Gasteiger partial charge is 0.371 e. The van der Waals surface area contributed by atoms with Crippen LogP contribution in [0.1, 0.15) is 58.6 Å². The van der Waals surface area contributed by atoms with E-state index in [-0.39, 0.29) is 5.54 Å². The Bertz CT molecular complexity index is 490. The maximum absolute atomic E-state index is 9.45. The number of hydrogen-bond acceptors (Lipinski definition) is 3. The molecule has 0 aliphatic carbocycles. The first-order valence-electron chi connectivity index (χ1n) is 7.83. The van der Waals surface area contributed by atoms with E-state index in [1.54, 1.807) is 0 Å². The van der Waals surface area contributed by atoms with Crippen LogP contribution in [0.5, 0.6) is 0 Å². The molecule has 21 heavy (non-hydrogen) atoms. The van der Waals surface area contributed by atoms with Crippen LogP contribution in [0.15, 0.2) is 18.2 Å². The van der Waals surface area contributed by atoms with E-state index in [1.165, 1.54) is 0 Å². The van der Waals surface area contributed by atoms with Gasteiger partial charge in [-0.3, -0.25) is 0 Å². The summed E-state index contributed by atoms with van der Waals surface area (Å²) in [6.07, 6.45) is 2.18. The van der Waals surface area contributed by atoms with Gasteiger partial charge in [0.25, 0.3) is 0 Å². The molecule has 0 amide bonds. The summed E-state index contributed by atoms with van der Waals surface area (Å²) in [7, 11) is 2.08. The minimum absolute atomic E-state index is 0.0811. The third-order valence-electron chi connectivity index (χ3n) is 3.87. The molecule has 0 bridgehead atoms.